The minimum Gasteiger partial charge on any atom is -0.376 e. The summed E-state index contributed by atoms with van der Waals surface area (Å²) in [5, 5.41) is 0. The Morgan fingerprint density at radius 2 is 2.32 bits per heavy atom. The number of anilines is 1. The van der Waals surface area contributed by atoms with E-state index >= 15 is 0 Å². The average Bonchev–Trinajstić information content (AvgIpc) is 2.44. The first kappa shape index (κ1) is 14.2. The van der Waals surface area contributed by atoms with Crippen LogP contribution in [0.25, 0.3) is 0 Å². The molecule has 1 aliphatic heterocycles. The van der Waals surface area contributed by atoms with Crippen molar-refractivity contribution >= 4 is 5.95 Å². The highest BCUT2D eigenvalue weighted by atomic mass is 16.5. The number of aromatic nitrogens is 2. The van der Waals surface area contributed by atoms with Crippen LogP contribution in [-0.4, -0.2) is 35.8 Å². The normalized spacial score (nSPS) is 19.7. The average molecular weight is 264 g/mol. The van der Waals surface area contributed by atoms with Crippen LogP contribution >= 0.6 is 0 Å². The number of rotatable bonds is 5. The van der Waals surface area contributed by atoms with Crippen molar-refractivity contribution in [1.82, 2.24) is 9.97 Å². The molecule has 0 spiro atoms. The van der Waals surface area contributed by atoms with Crippen LogP contribution < -0.4 is 10.6 Å². The van der Waals surface area contributed by atoms with Crippen LogP contribution in [0.4, 0.5) is 5.95 Å². The summed E-state index contributed by atoms with van der Waals surface area (Å²) in [4.78, 5) is 11.3. The highest BCUT2D eigenvalue weighted by molar-refractivity contribution is 5.33. The number of piperidine rings is 1. The first-order chi connectivity index (χ1) is 9.22. The summed E-state index contributed by atoms with van der Waals surface area (Å²) in [7, 11) is 0. The van der Waals surface area contributed by atoms with Gasteiger partial charge in [-0.1, -0.05) is 6.92 Å². The molecule has 1 unspecified atom stereocenters. The maximum Gasteiger partial charge on any atom is 0.225 e. The zero-order valence-electron chi connectivity index (χ0n) is 11.9. The molecular formula is C14H24N4O. The minimum absolute atomic E-state index is 0.305. The van der Waals surface area contributed by atoms with Crippen LogP contribution in [0.3, 0.4) is 0 Å². The smallest absolute Gasteiger partial charge is 0.225 e. The van der Waals surface area contributed by atoms with E-state index in [0.29, 0.717) is 12.6 Å². The summed E-state index contributed by atoms with van der Waals surface area (Å²) in [5.41, 5.74) is 7.55. The molecule has 1 aliphatic rings. The molecular weight excluding hydrogens is 240 g/mol. The molecule has 0 aliphatic carbocycles. The van der Waals surface area contributed by atoms with Gasteiger partial charge in [0.15, 0.2) is 0 Å². The summed E-state index contributed by atoms with van der Waals surface area (Å²) in [6.07, 6.45) is 3.63. The molecule has 1 atom stereocenters. The van der Waals surface area contributed by atoms with E-state index in [4.69, 9.17) is 10.5 Å². The van der Waals surface area contributed by atoms with E-state index in [0.717, 1.165) is 56.3 Å². The Bertz CT molecular complexity index is 410. The topological polar surface area (TPSA) is 64.3 Å². The maximum absolute atomic E-state index is 5.85. The first-order valence-corrected chi connectivity index (χ1v) is 7.14. The number of aryl methyl sites for hydroxylation is 1. The SMILES string of the molecule is CCCOC1CCCN(c2nc(C)cc(CN)n2)C1. The van der Waals surface area contributed by atoms with Gasteiger partial charge in [0.05, 0.1) is 11.8 Å². The Labute approximate surface area is 115 Å². The van der Waals surface area contributed by atoms with Gasteiger partial charge in [-0.25, -0.2) is 9.97 Å². The summed E-state index contributed by atoms with van der Waals surface area (Å²) in [5.74, 6) is 0.797. The Morgan fingerprint density at radius 3 is 3.05 bits per heavy atom. The Hall–Kier alpha value is -1.20. The lowest BCUT2D eigenvalue weighted by Gasteiger charge is -2.32. The maximum atomic E-state index is 5.85. The van der Waals surface area contributed by atoms with Gasteiger partial charge in [-0.15, -0.1) is 0 Å². The molecule has 5 heteroatoms. The molecule has 0 radical (unpaired) electrons. The van der Waals surface area contributed by atoms with Crippen molar-refractivity contribution in [2.45, 2.75) is 45.8 Å². The van der Waals surface area contributed by atoms with Crippen molar-refractivity contribution in [2.75, 3.05) is 24.6 Å². The van der Waals surface area contributed by atoms with Crippen molar-refractivity contribution in [2.24, 2.45) is 5.73 Å². The molecule has 1 saturated heterocycles. The molecule has 5 nitrogen and oxygen atoms in total. The second-order valence-corrected chi connectivity index (χ2v) is 5.09. The standard InChI is InChI=1S/C14H24N4O/c1-3-7-19-13-5-4-6-18(10-13)14-16-11(2)8-12(9-15)17-14/h8,13H,3-7,9-10,15H2,1-2H3. The molecule has 0 bridgehead atoms. The lowest BCUT2D eigenvalue weighted by molar-refractivity contribution is 0.0437. The van der Waals surface area contributed by atoms with Gasteiger partial charge in [0.2, 0.25) is 5.95 Å². The predicted octanol–water partition coefficient (Wildman–Crippen LogP) is 1.64. The number of hydrogen-bond acceptors (Lipinski definition) is 5. The van der Waals surface area contributed by atoms with Crippen LogP contribution in [0.1, 0.15) is 37.6 Å². The molecule has 2 heterocycles. The number of nitrogens with two attached hydrogens (primary N) is 1. The largest absolute Gasteiger partial charge is 0.376 e. The fourth-order valence-corrected chi connectivity index (χ4v) is 2.40. The van der Waals surface area contributed by atoms with Crippen LogP contribution in [0.5, 0.6) is 0 Å². The molecule has 0 aromatic carbocycles. The van der Waals surface area contributed by atoms with Crippen LogP contribution in [0.15, 0.2) is 6.07 Å². The van der Waals surface area contributed by atoms with E-state index in [1.807, 2.05) is 13.0 Å². The van der Waals surface area contributed by atoms with E-state index in [2.05, 4.69) is 21.8 Å². The van der Waals surface area contributed by atoms with Crippen molar-refractivity contribution in [1.29, 1.82) is 0 Å². The quantitative estimate of drug-likeness (QED) is 0.876. The molecule has 106 valence electrons. The summed E-state index contributed by atoms with van der Waals surface area (Å²) < 4.78 is 5.85. The van der Waals surface area contributed by atoms with Gasteiger partial charge < -0.3 is 15.4 Å². The molecule has 0 saturated carbocycles. The number of nitrogens with zero attached hydrogens (tertiary/aromatic N) is 3. The van der Waals surface area contributed by atoms with E-state index in [1.54, 1.807) is 0 Å². The predicted molar refractivity (Wildman–Crippen MR) is 76.1 cm³/mol. The summed E-state index contributed by atoms with van der Waals surface area (Å²) in [6, 6.07) is 1.94. The van der Waals surface area contributed by atoms with Gasteiger partial charge in [-0.05, 0) is 32.3 Å². The van der Waals surface area contributed by atoms with Crippen LogP contribution in [0.2, 0.25) is 0 Å². The van der Waals surface area contributed by atoms with Gasteiger partial charge in [-0.3, -0.25) is 0 Å². The van der Waals surface area contributed by atoms with E-state index in [1.165, 1.54) is 0 Å². The number of ether oxygens (including phenoxy) is 1. The third-order valence-electron chi connectivity index (χ3n) is 3.32. The molecule has 2 N–H and O–H groups in total. The second kappa shape index (κ2) is 6.82. The fraction of sp³-hybridized carbons (Fsp3) is 0.714. The molecule has 1 fully saturated rings. The molecule has 1 aromatic heterocycles. The van der Waals surface area contributed by atoms with E-state index in [9.17, 15) is 0 Å². The highest BCUT2D eigenvalue weighted by Crippen LogP contribution is 2.19. The van der Waals surface area contributed by atoms with Crippen molar-refractivity contribution in [3.63, 3.8) is 0 Å². The Morgan fingerprint density at radius 1 is 1.47 bits per heavy atom. The van der Waals surface area contributed by atoms with Crippen molar-refractivity contribution < 1.29 is 4.74 Å². The van der Waals surface area contributed by atoms with Gasteiger partial charge in [0.25, 0.3) is 0 Å². The van der Waals surface area contributed by atoms with Crippen molar-refractivity contribution in [3.05, 3.63) is 17.5 Å². The van der Waals surface area contributed by atoms with Gasteiger partial charge in [0.1, 0.15) is 0 Å². The molecule has 1 aromatic rings. The second-order valence-electron chi connectivity index (χ2n) is 5.09. The fourth-order valence-electron chi connectivity index (χ4n) is 2.40. The van der Waals surface area contributed by atoms with E-state index in [-0.39, 0.29) is 0 Å². The Kier molecular flexibility index (Phi) is 5.10. The van der Waals surface area contributed by atoms with Crippen LogP contribution in [-0.2, 0) is 11.3 Å². The lowest BCUT2D eigenvalue weighted by atomic mass is 10.1. The Balaban J connectivity index is 2.06. The summed E-state index contributed by atoms with van der Waals surface area (Å²) >= 11 is 0. The minimum atomic E-state index is 0.305. The molecule has 2 rings (SSSR count). The van der Waals surface area contributed by atoms with Gasteiger partial charge >= 0.3 is 0 Å². The zero-order valence-corrected chi connectivity index (χ0v) is 11.9. The number of hydrogen-bond donors (Lipinski definition) is 1. The van der Waals surface area contributed by atoms with Gasteiger partial charge in [0, 0.05) is 31.9 Å². The van der Waals surface area contributed by atoms with Crippen LogP contribution in [0, 0.1) is 6.92 Å². The lowest BCUT2D eigenvalue weighted by Crippen LogP contribution is -2.41. The molecule has 19 heavy (non-hydrogen) atoms. The third-order valence-corrected chi connectivity index (χ3v) is 3.32. The third kappa shape index (κ3) is 3.88. The first-order valence-electron chi connectivity index (χ1n) is 7.14. The van der Waals surface area contributed by atoms with Gasteiger partial charge in [-0.2, -0.15) is 0 Å². The van der Waals surface area contributed by atoms with Crippen molar-refractivity contribution in [3.8, 4) is 0 Å². The monoisotopic (exact) mass is 264 g/mol. The highest BCUT2D eigenvalue weighted by Gasteiger charge is 2.22. The summed E-state index contributed by atoms with van der Waals surface area (Å²) in [6.45, 7) is 7.30. The molecule has 0 amide bonds. The zero-order chi connectivity index (χ0) is 13.7. The van der Waals surface area contributed by atoms with E-state index < -0.39 is 0 Å².